The summed E-state index contributed by atoms with van der Waals surface area (Å²) in [5.41, 5.74) is 1.43. The summed E-state index contributed by atoms with van der Waals surface area (Å²) >= 11 is 0. The first-order valence-electron chi connectivity index (χ1n) is 5.74. The number of non-ortho nitro benzene ring substituents is 1. The van der Waals surface area contributed by atoms with Gasteiger partial charge < -0.3 is 15.4 Å². The smallest absolute Gasteiger partial charge is 0.270 e. The molecule has 1 aromatic heterocycles. The van der Waals surface area contributed by atoms with Gasteiger partial charge in [0.25, 0.3) is 5.69 Å². The van der Waals surface area contributed by atoms with Gasteiger partial charge in [-0.2, -0.15) is 0 Å². The van der Waals surface area contributed by atoms with E-state index in [9.17, 15) is 14.9 Å². The lowest BCUT2D eigenvalue weighted by Gasteiger charge is -2.00. The molecule has 1 amide bonds. The molecule has 0 radical (unpaired) electrons. The van der Waals surface area contributed by atoms with Crippen LogP contribution in [-0.2, 0) is 11.2 Å². The molecule has 7 heteroatoms. The topological polar surface area (TPSA) is 108 Å². The van der Waals surface area contributed by atoms with Crippen LogP contribution in [0.15, 0.2) is 24.3 Å². The zero-order valence-corrected chi connectivity index (χ0v) is 10.0. The van der Waals surface area contributed by atoms with E-state index in [0.29, 0.717) is 11.1 Å². The second kappa shape index (κ2) is 5.49. The van der Waals surface area contributed by atoms with Crippen LogP contribution in [0.2, 0.25) is 0 Å². The van der Waals surface area contributed by atoms with Crippen molar-refractivity contribution in [3.05, 3.63) is 40.1 Å². The Morgan fingerprint density at radius 3 is 2.89 bits per heavy atom. The van der Waals surface area contributed by atoms with Crippen LogP contribution in [0.3, 0.4) is 0 Å². The van der Waals surface area contributed by atoms with Crippen LogP contribution in [-0.4, -0.2) is 34.1 Å². The zero-order valence-electron chi connectivity index (χ0n) is 10.0. The van der Waals surface area contributed by atoms with E-state index < -0.39 is 4.92 Å². The number of hydrogen-bond acceptors (Lipinski definition) is 4. The lowest BCUT2D eigenvalue weighted by Crippen LogP contribution is -2.27. The standard InChI is InChI=1S/C12H13N3O4/c16-4-3-13-12(17)7-9-5-8-6-10(15(18)19)1-2-11(8)14-9/h1-2,5-6,14,16H,3-4,7H2,(H,13,17). The van der Waals surface area contributed by atoms with Crippen molar-refractivity contribution >= 4 is 22.5 Å². The highest BCUT2D eigenvalue weighted by Gasteiger charge is 2.10. The fraction of sp³-hybridized carbons (Fsp3) is 0.250. The van der Waals surface area contributed by atoms with E-state index in [1.807, 2.05) is 0 Å². The zero-order chi connectivity index (χ0) is 13.8. The Balaban J connectivity index is 2.17. The van der Waals surface area contributed by atoms with Crippen molar-refractivity contribution in [1.82, 2.24) is 10.3 Å². The number of aliphatic hydroxyl groups is 1. The maximum absolute atomic E-state index is 11.5. The predicted octanol–water partition coefficient (Wildman–Crippen LogP) is 0.727. The molecule has 2 aromatic rings. The van der Waals surface area contributed by atoms with Crippen molar-refractivity contribution in [3.8, 4) is 0 Å². The van der Waals surface area contributed by atoms with E-state index in [1.165, 1.54) is 12.1 Å². The number of benzene rings is 1. The summed E-state index contributed by atoms with van der Waals surface area (Å²) in [4.78, 5) is 24.7. The average molecular weight is 263 g/mol. The van der Waals surface area contributed by atoms with Gasteiger partial charge >= 0.3 is 0 Å². The highest BCUT2D eigenvalue weighted by atomic mass is 16.6. The van der Waals surface area contributed by atoms with Crippen LogP contribution in [0.4, 0.5) is 5.69 Å². The molecule has 1 aromatic carbocycles. The van der Waals surface area contributed by atoms with E-state index in [4.69, 9.17) is 5.11 Å². The van der Waals surface area contributed by atoms with Gasteiger partial charge in [-0.25, -0.2) is 0 Å². The second-order valence-electron chi connectivity index (χ2n) is 4.07. The molecule has 7 nitrogen and oxygen atoms in total. The van der Waals surface area contributed by atoms with Crippen molar-refractivity contribution in [1.29, 1.82) is 0 Å². The number of amides is 1. The lowest BCUT2D eigenvalue weighted by molar-refractivity contribution is -0.384. The SMILES string of the molecule is O=C(Cc1cc2cc([N+](=O)[O-])ccc2[nH]1)NCCO. The van der Waals surface area contributed by atoms with Crippen LogP contribution in [0, 0.1) is 10.1 Å². The van der Waals surface area contributed by atoms with Gasteiger partial charge in [0.05, 0.1) is 18.0 Å². The number of aliphatic hydroxyl groups excluding tert-OH is 1. The largest absolute Gasteiger partial charge is 0.395 e. The molecule has 1 heterocycles. The average Bonchev–Trinajstić information content (AvgIpc) is 2.77. The normalized spacial score (nSPS) is 10.6. The number of rotatable bonds is 5. The molecule has 0 saturated heterocycles. The Morgan fingerprint density at radius 1 is 1.42 bits per heavy atom. The molecule has 0 unspecified atom stereocenters. The second-order valence-corrected chi connectivity index (χ2v) is 4.07. The molecule has 19 heavy (non-hydrogen) atoms. The number of nitrogens with zero attached hydrogens (tertiary/aromatic N) is 1. The molecule has 0 aliphatic rings. The fourth-order valence-electron chi connectivity index (χ4n) is 1.82. The Morgan fingerprint density at radius 2 is 2.21 bits per heavy atom. The van der Waals surface area contributed by atoms with E-state index in [-0.39, 0.29) is 31.2 Å². The summed E-state index contributed by atoms with van der Waals surface area (Å²) in [6, 6.07) is 6.19. The van der Waals surface area contributed by atoms with Crippen molar-refractivity contribution in [2.75, 3.05) is 13.2 Å². The van der Waals surface area contributed by atoms with Gasteiger partial charge in [-0.3, -0.25) is 14.9 Å². The Kier molecular flexibility index (Phi) is 3.76. The molecule has 2 rings (SSSR count). The quantitative estimate of drug-likeness (QED) is 0.545. The molecule has 0 spiro atoms. The summed E-state index contributed by atoms with van der Waals surface area (Å²) in [6.07, 6.45) is 0.141. The molecular formula is C12H13N3O4. The third kappa shape index (κ3) is 3.08. The minimum Gasteiger partial charge on any atom is -0.395 e. The van der Waals surface area contributed by atoms with Gasteiger partial charge in [-0.15, -0.1) is 0 Å². The van der Waals surface area contributed by atoms with Crippen LogP contribution < -0.4 is 5.32 Å². The van der Waals surface area contributed by atoms with Crippen molar-refractivity contribution in [2.24, 2.45) is 0 Å². The molecular weight excluding hydrogens is 250 g/mol. The summed E-state index contributed by atoms with van der Waals surface area (Å²) in [5, 5.41) is 22.5. The molecule has 100 valence electrons. The number of carbonyl (C=O) groups is 1. The van der Waals surface area contributed by atoms with Gasteiger partial charge in [-0.05, 0) is 12.1 Å². The highest BCUT2D eigenvalue weighted by Crippen LogP contribution is 2.21. The first-order valence-corrected chi connectivity index (χ1v) is 5.74. The molecule has 0 aliphatic heterocycles. The monoisotopic (exact) mass is 263 g/mol. The molecule has 3 N–H and O–H groups in total. The van der Waals surface area contributed by atoms with E-state index >= 15 is 0 Å². The number of aromatic amines is 1. The first kappa shape index (κ1) is 13.0. The Hall–Kier alpha value is -2.41. The minimum absolute atomic E-state index is 0.0165. The maximum atomic E-state index is 11.5. The van der Waals surface area contributed by atoms with Crippen LogP contribution in [0.5, 0.6) is 0 Å². The summed E-state index contributed by atoms with van der Waals surface area (Å²) in [5.74, 6) is -0.213. The van der Waals surface area contributed by atoms with E-state index in [2.05, 4.69) is 10.3 Å². The number of nitrogens with one attached hydrogen (secondary N) is 2. The number of hydrogen-bond donors (Lipinski definition) is 3. The number of fused-ring (bicyclic) bond motifs is 1. The summed E-state index contributed by atoms with van der Waals surface area (Å²) in [7, 11) is 0. The number of H-pyrrole nitrogens is 1. The fourth-order valence-corrected chi connectivity index (χ4v) is 1.82. The minimum atomic E-state index is -0.458. The third-order valence-electron chi connectivity index (χ3n) is 2.66. The molecule has 0 fully saturated rings. The summed E-state index contributed by atoms with van der Waals surface area (Å²) in [6.45, 7) is 0.106. The van der Waals surface area contributed by atoms with E-state index in [1.54, 1.807) is 12.1 Å². The molecule has 0 bridgehead atoms. The van der Waals surface area contributed by atoms with Crippen molar-refractivity contribution < 1.29 is 14.8 Å². The van der Waals surface area contributed by atoms with Gasteiger partial charge in [0.1, 0.15) is 0 Å². The number of carbonyl (C=O) groups excluding carboxylic acids is 1. The lowest BCUT2D eigenvalue weighted by atomic mass is 10.2. The van der Waals surface area contributed by atoms with Crippen LogP contribution >= 0.6 is 0 Å². The third-order valence-corrected chi connectivity index (χ3v) is 2.66. The van der Waals surface area contributed by atoms with Crippen LogP contribution in [0.25, 0.3) is 10.9 Å². The van der Waals surface area contributed by atoms with Gasteiger partial charge in [0.2, 0.25) is 5.91 Å². The van der Waals surface area contributed by atoms with Crippen molar-refractivity contribution in [3.63, 3.8) is 0 Å². The number of nitro groups is 1. The number of aromatic nitrogens is 1. The Labute approximate surface area is 108 Å². The van der Waals surface area contributed by atoms with Gasteiger partial charge in [0.15, 0.2) is 0 Å². The molecule has 0 saturated carbocycles. The number of nitro benzene ring substituents is 1. The van der Waals surface area contributed by atoms with Crippen LogP contribution in [0.1, 0.15) is 5.69 Å². The van der Waals surface area contributed by atoms with E-state index in [0.717, 1.165) is 5.52 Å². The van der Waals surface area contributed by atoms with Crippen molar-refractivity contribution in [2.45, 2.75) is 6.42 Å². The van der Waals surface area contributed by atoms with Gasteiger partial charge in [-0.1, -0.05) is 0 Å². The summed E-state index contributed by atoms with van der Waals surface area (Å²) < 4.78 is 0. The molecule has 0 atom stereocenters. The highest BCUT2D eigenvalue weighted by molar-refractivity contribution is 5.85. The van der Waals surface area contributed by atoms with Gasteiger partial charge in [0, 0.05) is 35.3 Å². The predicted molar refractivity (Wildman–Crippen MR) is 68.8 cm³/mol. The first-order chi connectivity index (χ1) is 9.10. The molecule has 0 aliphatic carbocycles. The maximum Gasteiger partial charge on any atom is 0.270 e. The Bertz CT molecular complexity index is 620.